The van der Waals surface area contributed by atoms with E-state index in [1.807, 2.05) is 18.2 Å². The summed E-state index contributed by atoms with van der Waals surface area (Å²) in [5.74, 6) is 0.648. The standard InChI is InChI=1S/C17H17FN6O/c18-13-6-4-12(5-7-13)16-22-15(23-24-16)11-21-17(25)20-10-8-14-3-1-2-9-19-14/h1-7,9H,8,10-11H2,(H2,20,21,25)(H,22,23,24). The second-order valence-electron chi connectivity index (χ2n) is 5.29. The molecule has 0 aliphatic heterocycles. The molecule has 25 heavy (non-hydrogen) atoms. The molecule has 0 atom stereocenters. The summed E-state index contributed by atoms with van der Waals surface area (Å²) in [6.07, 6.45) is 2.38. The van der Waals surface area contributed by atoms with E-state index in [-0.39, 0.29) is 18.4 Å². The number of nitrogens with one attached hydrogen (secondary N) is 3. The number of benzene rings is 1. The number of aromatic amines is 1. The first-order valence-corrected chi connectivity index (χ1v) is 7.79. The van der Waals surface area contributed by atoms with Crippen LogP contribution in [0.5, 0.6) is 0 Å². The van der Waals surface area contributed by atoms with Gasteiger partial charge in [0.15, 0.2) is 5.82 Å². The zero-order valence-electron chi connectivity index (χ0n) is 13.4. The van der Waals surface area contributed by atoms with Gasteiger partial charge in [0, 0.05) is 30.4 Å². The Bertz CT molecular complexity index is 819. The molecule has 0 saturated heterocycles. The van der Waals surface area contributed by atoms with Crippen molar-refractivity contribution in [3.63, 3.8) is 0 Å². The van der Waals surface area contributed by atoms with Crippen molar-refractivity contribution in [3.05, 3.63) is 66.0 Å². The fraction of sp³-hybridized carbons (Fsp3) is 0.176. The minimum Gasteiger partial charge on any atom is -0.338 e. The SMILES string of the molecule is O=C(NCCc1ccccn1)NCc1nc(-c2ccc(F)cc2)n[nH]1. The Kier molecular flexibility index (Phi) is 5.30. The van der Waals surface area contributed by atoms with Gasteiger partial charge in [-0.05, 0) is 36.4 Å². The average Bonchev–Trinajstić information content (AvgIpc) is 3.10. The van der Waals surface area contributed by atoms with E-state index in [1.165, 1.54) is 12.1 Å². The molecular formula is C17H17FN6O. The molecule has 0 unspecified atom stereocenters. The fourth-order valence-electron chi connectivity index (χ4n) is 2.18. The molecule has 0 aliphatic carbocycles. The van der Waals surface area contributed by atoms with Gasteiger partial charge >= 0.3 is 6.03 Å². The number of hydrogen-bond donors (Lipinski definition) is 3. The second kappa shape index (κ2) is 8.00. The maximum Gasteiger partial charge on any atom is 0.315 e. The summed E-state index contributed by atoms with van der Waals surface area (Å²) in [7, 11) is 0. The monoisotopic (exact) mass is 340 g/mol. The lowest BCUT2D eigenvalue weighted by atomic mass is 10.2. The van der Waals surface area contributed by atoms with E-state index in [4.69, 9.17) is 0 Å². The van der Waals surface area contributed by atoms with Crippen LogP contribution >= 0.6 is 0 Å². The largest absolute Gasteiger partial charge is 0.338 e. The molecule has 0 fully saturated rings. The second-order valence-corrected chi connectivity index (χ2v) is 5.29. The third-order valence-corrected chi connectivity index (χ3v) is 3.44. The number of hydrogen-bond acceptors (Lipinski definition) is 4. The summed E-state index contributed by atoms with van der Waals surface area (Å²) < 4.78 is 12.9. The van der Waals surface area contributed by atoms with Gasteiger partial charge in [-0.3, -0.25) is 10.1 Å². The van der Waals surface area contributed by atoms with Gasteiger partial charge in [0.1, 0.15) is 11.6 Å². The number of aromatic nitrogens is 4. The molecule has 128 valence electrons. The van der Waals surface area contributed by atoms with E-state index < -0.39 is 0 Å². The molecule has 3 aromatic rings. The van der Waals surface area contributed by atoms with Crippen molar-refractivity contribution in [3.8, 4) is 11.4 Å². The number of amides is 2. The first-order chi connectivity index (χ1) is 12.2. The quantitative estimate of drug-likeness (QED) is 0.640. The number of halogens is 1. The lowest BCUT2D eigenvalue weighted by molar-refractivity contribution is 0.240. The summed E-state index contributed by atoms with van der Waals surface area (Å²) in [6.45, 7) is 0.698. The van der Waals surface area contributed by atoms with Crippen LogP contribution in [0.4, 0.5) is 9.18 Å². The number of urea groups is 1. The van der Waals surface area contributed by atoms with Gasteiger partial charge in [-0.25, -0.2) is 14.2 Å². The fourth-order valence-corrected chi connectivity index (χ4v) is 2.18. The van der Waals surface area contributed by atoms with E-state index in [1.54, 1.807) is 18.3 Å². The molecule has 0 bridgehead atoms. The molecule has 2 aromatic heterocycles. The molecule has 2 heterocycles. The lowest BCUT2D eigenvalue weighted by Crippen LogP contribution is -2.36. The molecule has 0 aliphatic rings. The molecule has 2 amide bonds. The van der Waals surface area contributed by atoms with Gasteiger partial charge < -0.3 is 10.6 Å². The van der Waals surface area contributed by atoms with Gasteiger partial charge in [-0.2, -0.15) is 5.10 Å². The highest BCUT2D eigenvalue weighted by atomic mass is 19.1. The Balaban J connectivity index is 1.44. The average molecular weight is 340 g/mol. The summed E-state index contributed by atoms with van der Waals surface area (Å²) in [4.78, 5) is 20.2. The third kappa shape index (κ3) is 4.84. The number of nitrogens with zero attached hydrogens (tertiary/aromatic N) is 3. The molecule has 3 N–H and O–H groups in total. The van der Waals surface area contributed by atoms with Crippen molar-refractivity contribution in [2.45, 2.75) is 13.0 Å². The Labute approximate surface area is 143 Å². The van der Waals surface area contributed by atoms with Gasteiger partial charge in [0.2, 0.25) is 0 Å². The van der Waals surface area contributed by atoms with E-state index in [9.17, 15) is 9.18 Å². The van der Waals surface area contributed by atoms with Crippen molar-refractivity contribution in [1.29, 1.82) is 0 Å². The van der Waals surface area contributed by atoms with Gasteiger partial charge in [0.25, 0.3) is 0 Å². The molecule has 0 saturated carbocycles. The van der Waals surface area contributed by atoms with Crippen molar-refractivity contribution < 1.29 is 9.18 Å². The summed E-state index contributed by atoms with van der Waals surface area (Å²) >= 11 is 0. The van der Waals surface area contributed by atoms with Crippen molar-refractivity contribution >= 4 is 6.03 Å². The van der Waals surface area contributed by atoms with Crippen LogP contribution in [-0.2, 0) is 13.0 Å². The predicted octanol–water partition coefficient (Wildman–Crippen LogP) is 2.05. The van der Waals surface area contributed by atoms with Gasteiger partial charge in [0.05, 0.1) is 6.54 Å². The highest BCUT2D eigenvalue weighted by Crippen LogP contribution is 2.14. The maximum atomic E-state index is 12.9. The topological polar surface area (TPSA) is 95.6 Å². The van der Waals surface area contributed by atoms with Crippen LogP contribution in [-0.4, -0.2) is 32.7 Å². The normalized spacial score (nSPS) is 10.4. The summed E-state index contributed by atoms with van der Waals surface area (Å²) in [5.41, 5.74) is 1.62. The molecule has 1 aromatic carbocycles. The van der Waals surface area contributed by atoms with E-state index >= 15 is 0 Å². The third-order valence-electron chi connectivity index (χ3n) is 3.44. The van der Waals surface area contributed by atoms with Crippen LogP contribution < -0.4 is 10.6 Å². The van der Waals surface area contributed by atoms with E-state index in [0.29, 0.717) is 30.2 Å². The van der Waals surface area contributed by atoms with Gasteiger partial charge in [-0.15, -0.1) is 0 Å². The highest BCUT2D eigenvalue weighted by molar-refractivity contribution is 5.73. The molecule has 0 radical (unpaired) electrons. The van der Waals surface area contributed by atoms with Crippen LogP contribution in [0, 0.1) is 5.82 Å². The van der Waals surface area contributed by atoms with Crippen molar-refractivity contribution in [2.24, 2.45) is 0 Å². The van der Waals surface area contributed by atoms with Gasteiger partial charge in [-0.1, -0.05) is 6.07 Å². The number of carbonyl (C=O) groups excluding carboxylic acids is 1. The Morgan fingerprint density at radius 2 is 1.96 bits per heavy atom. The number of rotatable bonds is 6. The minimum absolute atomic E-state index is 0.212. The van der Waals surface area contributed by atoms with E-state index in [2.05, 4.69) is 30.8 Å². The molecule has 3 rings (SSSR count). The number of H-pyrrole nitrogens is 1. The van der Waals surface area contributed by atoms with Crippen LogP contribution in [0.3, 0.4) is 0 Å². The molecular weight excluding hydrogens is 323 g/mol. The molecule has 8 heteroatoms. The number of carbonyl (C=O) groups is 1. The predicted molar refractivity (Wildman–Crippen MR) is 90.0 cm³/mol. The maximum absolute atomic E-state index is 12.9. The zero-order chi connectivity index (χ0) is 17.5. The van der Waals surface area contributed by atoms with E-state index in [0.717, 1.165) is 5.69 Å². The smallest absolute Gasteiger partial charge is 0.315 e. The summed E-state index contributed by atoms with van der Waals surface area (Å²) in [6, 6.07) is 11.3. The highest BCUT2D eigenvalue weighted by Gasteiger charge is 2.07. The molecule has 7 nitrogen and oxygen atoms in total. The van der Waals surface area contributed by atoms with Crippen molar-refractivity contribution in [2.75, 3.05) is 6.54 Å². The Hall–Kier alpha value is -3.29. The zero-order valence-corrected chi connectivity index (χ0v) is 13.4. The van der Waals surface area contributed by atoms with Crippen LogP contribution in [0.1, 0.15) is 11.5 Å². The minimum atomic E-state index is -0.316. The number of pyridine rings is 1. The Morgan fingerprint density at radius 3 is 2.72 bits per heavy atom. The van der Waals surface area contributed by atoms with Crippen molar-refractivity contribution in [1.82, 2.24) is 30.8 Å². The van der Waals surface area contributed by atoms with Crippen LogP contribution in [0.25, 0.3) is 11.4 Å². The summed E-state index contributed by atoms with van der Waals surface area (Å²) in [5, 5.41) is 12.3. The first kappa shape index (κ1) is 16.6. The van der Waals surface area contributed by atoms with Crippen LogP contribution in [0.2, 0.25) is 0 Å². The van der Waals surface area contributed by atoms with Crippen LogP contribution in [0.15, 0.2) is 48.7 Å². The Morgan fingerprint density at radius 1 is 1.12 bits per heavy atom. The first-order valence-electron chi connectivity index (χ1n) is 7.79. The lowest BCUT2D eigenvalue weighted by Gasteiger charge is -2.05. The molecule has 0 spiro atoms.